The van der Waals surface area contributed by atoms with E-state index >= 15 is 0 Å². The molecule has 3 aromatic heterocycles. The summed E-state index contributed by atoms with van der Waals surface area (Å²) in [5, 5.41) is 20.0. The number of aliphatic hydroxyl groups is 1. The van der Waals surface area contributed by atoms with Gasteiger partial charge in [0.1, 0.15) is 11.6 Å². The Bertz CT molecular complexity index is 740. The maximum atomic E-state index is 9.23. The van der Waals surface area contributed by atoms with E-state index in [1.807, 2.05) is 6.92 Å². The number of aliphatic hydroxyl groups excluding tert-OH is 1. The summed E-state index contributed by atoms with van der Waals surface area (Å²) in [7, 11) is 0. The zero-order chi connectivity index (χ0) is 13.9. The van der Waals surface area contributed by atoms with Crippen LogP contribution in [0.4, 0.5) is 5.82 Å². The number of H-pyrrole nitrogens is 1. The average molecular weight is 271 g/mol. The molecule has 8 nitrogen and oxygen atoms in total. The number of aromatic amines is 1. The van der Waals surface area contributed by atoms with Crippen LogP contribution < -0.4 is 5.32 Å². The van der Waals surface area contributed by atoms with Crippen molar-refractivity contribution >= 4 is 16.9 Å². The Balaban J connectivity index is 1.88. The molecule has 0 saturated heterocycles. The smallest absolute Gasteiger partial charge is 0.161 e. The molecule has 0 aliphatic carbocycles. The highest BCUT2D eigenvalue weighted by molar-refractivity contribution is 5.85. The Kier molecular flexibility index (Phi) is 3.21. The molecular formula is C12H13N7O. The molecule has 3 N–H and O–H groups in total. The first kappa shape index (κ1) is 12.4. The Labute approximate surface area is 114 Å². The van der Waals surface area contributed by atoms with Crippen molar-refractivity contribution in [3.05, 3.63) is 35.8 Å². The molecule has 0 unspecified atom stereocenters. The first-order valence-corrected chi connectivity index (χ1v) is 6.09. The summed E-state index contributed by atoms with van der Waals surface area (Å²) in [6.07, 6.45) is 4.81. The normalized spacial score (nSPS) is 10.9. The van der Waals surface area contributed by atoms with Crippen LogP contribution in [0.15, 0.2) is 18.6 Å². The van der Waals surface area contributed by atoms with Crippen LogP contribution in [0.3, 0.4) is 0 Å². The third kappa shape index (κ3) is 2.28. The van der Waals surface area contributed by atoms with Crippen molar-refractivity contribution in [2.45, 2.75) is 20.1 Å². The van der Waals surface area contributed by atoms with Crippen molar-refractivity contribution in [1.82, 2.24) is 30.1 Å². The maximum absolute atomic E-state index is 9.23. The molecule has 0 atom stereocenters. The summed E-state index contributed by atoms with van der Waals surface area (Å²) < 4.78 is 0. The van der Waals surface area contributed by atoms with Gasteiger partial charge in [0.15, 0.2) is 5.65 Å². The van der Waals surface area contributed by atoms with E-state index in [-0.39, 0.29) is 6.61 Å². The highest BCUT2D eigenvalue weighted by Crippen LogP contribution is 2.18. The van der Waals surface area contributed by atoms with Gasteiger partial charge in [0, 0.05) is 12.4 Å². The van der Waals surface area contributed by atoms with E-state index in [9.17, 15) is 5.11 Å². The molecule has 0 aliphatic rings. The second-order valence-corrected chi connectivity index (χ2v) is 4.21. The zero-order valence-corrected chi connectivity index (χ0v) is 10.8. The van der Waals surface area contributed by atoms with E-state index < -0.39 is 0 Å². The first-order chi connectivity index (χ1) is 9.78. The second kappa shape index (κ2) is 5.17. The molecule has 3 rings (SSSR count). The zero-order valence-electron chi connectivity index (χ0n) is 10.8. The summed E-state index contributed by atoms with van der Waals surface area (Å²) in [4.78, 5) is 16.9. The highest BCUT2D eigenvalue weighted by atomic mass is 16.3. The van der Waals surface area contributed by atoms with Crippen molar-refractivity contribution in [2.24, 2.45) is 0 Å². The molecule has 0 bridgehead atoms. The van der Waals surface area contributed by atoms with Crippen LogP contribution in [0.25, 0.3) is 11.0 Å². The van der Waals surface area contributed by atoms with Crippen molar-refractivity contribution < 1.29 is 5.11 Å². The van der Waals surface area contributed by atoms with Gasteiger partial charge in [0.05, 0.1) is 36.1 Å². The molecule has 8 heteroatoms. The first-order valence-electron chi connectivity index (χ1n) is 6.09. The van der Waals surface area contributed by atoms with Gasteiger partial charge in [-0.05, 0) is 6.92 Å². The number of hydrogen-bond donors (Lipinski definition) is 3. The fourth-order valence-electron chi connectivity index (χ4n) is 1.92. The molecule has 20 heavy (non-hydrogen) atoms. The Morgan fingerprint density at radius 3 is 2.80 bits per heavy atom. The standard InChI is InChI=1S/C12H13N7O/c1-7-17-11(8-4-16-19-12(8)18-7)15-5-9-10(6-20)14-3-2-13-9/h2-4,20H,5-6H2,1H3,(H2,15,16,17,18,19). The Morgan fingerprint density at radius 1 is 1.20 bits per heavy atom. The molecule has 3 heterocycles. The largest absolute Gasteiger partial charge is 0.390 e. The number of fused-ring (bicyclic) bond motifs is 1. The fourth-order valence-corrected chi connectivity index (χ4v) is 1.92. The predicted octanol–water partition coefficient (Wildman–Crippen LogP) is 0.556. The van der Waals surface area contributed by atoms with Crippen LogP contribution in [0.2, 0.25) is 0 Å². The molecular weight excluding hydrogens is 258 g/mol. The highest BCUT2D eigenvalue weighted by Gasteiger charge is 2.09. The number of aromatic nitrogens is 6. The predicted molar refractivity (Wildman–Crippen MR) is 71.7 cm³/mol. The van der Waals surface area contributed by atoms with Crippen molar-refractivity contribution in [2.75, 3.05) is 5.32 Å². The minimum absolute atomic E-state index is 0.144. The van der Waals surface area contributed by atoms with Crippen LogP contribution in [-0.4, -0.2) is 35.2 Å². The van der Waals surface area contributed by atoms with Gasteiger partial charge < -0.3 is 10.4 Å². The van der Waals surface area contributed by atoms with Crippen LogP contribution in [0.1, 0.15) is 17.2 Å². The number of hydrogen-bond acceptors (Lipinski definition) is 7. The van der Waals surface area contributed by atoms with E-state index in [4.69, 9.17) is 0 Å². The van der Waals surface area contributed by atoms with Gasteiger partial charge in [0.2, 0.25) is 0 Å². The minimum atomic E-state index is -0.144. The molecule has 0 aliphatic heterocycles. The maximum Gasteiger partial charge on any atom is 0.161 e. The monoisotopic (exact) mass is 271 g/mol. The lowest BCUT2D eigenvalue weighted by Crippen LogP contribution is -2.09. The lowest BCUT2D eigenvalue weighted by atomic mass is 10.3. The molecule has 0 amide bonds. The van der Waals surface area contributed by atoms with Gasteiger partial charge >= 0.3 is 0 Å². The van der Waals surface area contributed by atoms with Crippen molar-refractivity contribution in [3.63, 3.8) is 0 Å². The third-order valence-electron chi connectivity index (χ3n) is 2.86. The van der Waals surface area contributed by atoms with Gasteiger partial charge in [-0.2, -0.15) is 5.10 Å². The topological polar surface area (TPSA) is 113 Å². The molecule has 0 aromatic carbocycles. The SMILES string of the molecule is Cc1nc(NCc2nccnc2CO)c2cn[nH]c2n1. The molecule has 0 radical (unpaired) electrons. The van der Waals surface area contributed by atoms with E-state index in [0.29, 0.717) is 35.2 Å². The average Bonchev–Trinajstić information content (AvgIpc) is 2.93. The second-order valence-electron chi connectivity index (χ2n) is 4.21. The van der Waals surface area contributed by atoms with Gasteiger partial charge in [-0.15, -0.1) is 0 Å². The summed E-state index contributed by atoms with van der Waals surface area (Å²) in [6.45, 7) is 2.09. The third-order valence-corrected chi connectivity index (χ3v) is 2.86. The van der Waals surface area contributed by atoms with Crippen LogP contribution in [0.5, 0.6) is 0 Å². The van der Waals surface area contributed by atoms with Crippen molar-refractivity contribution in [3.8, 4) is 0 Å². The van der Waals surface area contributed by atoms with Crippen LogP contribution in [0, 0.1) is 6.92 Å². The molecule has 0 spiro atoms. The fraction of sp³-hybridized carbons (Fsp3) is 0.250. The van der Waals surface area contributed by atoms with Crippen LogP contribution in [-0.2, 0) is 13.2 Å². The number of nitrogens with one attached hydrogen (secondary N) is 2. The summed E-state index contributed by atoms with van der Waals surface area (Å²) in [5.74, 6) is 1.32. The lowest BCUT2D eigenvalue weighted by Gasteiger charge is -2.08. The number of aryl methyl sites for hydroxylation is 1. The van der Waals surface area contributed by atoms with Gasteiger partial charge in [-0.3, -0.25) is 15.1 Å². The Hall–Kier alpha value is -2.61. The van der Waals surface area contributed by atoms with Gasteiger partial charge in [-0.25, -0.2) is 9.97 Å². The Morgan fingerprint density at radius 2 is 2.00 bits per heavy atom. The summed E-state index contributed by atoms with van der Waals surface area (Å²) in [6, 6.07) is 0. The van der Waals surface area contributed by atoms with Crippen LogP contribution >= 0.6 is 0 Å². The van der Waals surface area contributed by atoms with E-state index in [2.05, 4.69) is 35.5 Å². The summed E-state index contributed by atoms with van der Waals surface area (Å²) >= 11 is 0. The molecule has 0 saturated carbocycles. The van der Waals surface area contributed by atoms with Gasteiger partial charge in [0.25, 0.3) is 0 Å². The minimum Gasteiger partial charge on any atom is -0.390 e. The van der Waals surface area contributed by atoms with Crippen molar-refractivity contribution in [1.29, 1.82) is 0 Å². The molecule has 3 aromatic rings. The van der Waals surface area contributed by atoms with E-state index in [0.717, 1.165) is 5.39 Å². The number of anilines is 1. The summed E-state index contributed by atoms with van der Waals surface area (Å²) in [5.41, 5.74) is 1.92. The molecule has 102 valence electrons. The number of nitrogens with zero attached hydrogens (tertiary/aromatic N) is 5. The van der Waals surface area contributed by atoms with E-state index in [1.165, 1.54) is 0 Å². The van der Waals surface area contributed by atoms with E-state index in [1.54, 1.807) is 18.6 Å². The van der Waals surface area contributed by atoms with Gasteiger partial charge in [-0.1, -0.05) is 0 Å². The quantitative estimate of drug-likeness (QED) is 0.635. The number of rotatable bonds is 4. The molecule has 0 fully saturated rings. The lowest BCUT2D eigenvalue weighted by molar-refractivity contribution is 0.275.